The van der Waals surface area contributed by atoms with E-state index in [1.54, 1.807) is 42.7 Å². The standard InChI is InChI=1S/C19H17N5O2/c25-18(13-4-5-13)21-15-3-1-2-14(10-15)19(26)22-17-11-16(23-24-17)12-6-8-20-9-7-12/h1-3,6-11,13H,4-5H2,(H,21,25)(H2,22,23,24,26). The number of rotatable bonds is 5. The summed E-state index contributed by atoms with van der Waals surface area (Å²) >= 11 is 0. The second-order valence-corrected chi connectivity index (χ2v) is 6.20. The van der Waals surface area contributed by atoms with Gasteiger partial charge in [-0.1, -0.05) is 6.07 Å². The zero-order chi connectivity index (χ0) is 17.9. The SMILES string of the molecule is O=C(Nc1cc(-c2ccncc2)[nH]n1)c1cccc(NC(=O)C2CC2)c1. The summed E-state index contributed by atoms with van der Waals surface area (Å²) in [6, 6.07) is 12.3. The maximum Gasteiger partial charge on any atom is 0.256 e. The zero-order valence-electron chi connectivity index (χ0n) is 13.9. The molecule has 0 atom stereocenters. The number of anilines is 2. The normalized spacial score (nSPS) is 13.2. The number of carbonyl (C=O) groups excluding carboxylic acids is 2. The molecule has 0 aliphatic heterocycles. The fraction of sp³-hybridized carbons (Fsp3) is 0.158. The Bertz CT molecular complexity index is 947. The van der Waals surface area contributed by atoms with Crippen molar-refractivity contribution in [1.82, 2.24) is 15.2 Å². The quantitative estimate of drug-likeness (QED) is 0.660. The van der Waals surface area contributed by atoms with Crippen molar-refractivity contribution in [2.24, 2.45) is 5.92 Å². The molecule has 1 aromatic carbocycles. The Labute approximate surface area is 149 Å². The molecule has 0 unspecified atom stereocenters. The topological polar surface area (TPSA) is 99.8 Å². The number of amides is 2. The van der Waals surface area contributed by atoms with Gasteiger partial charge in [-0.3, -0.25) is 19.7 Å². The lowest BCUT2D eigenvalue weighted by atomic mass is 10.1. The number of hydrogen-bond acceptors (Lipinski definition) is 4. The number of benzene rings is 1. The number of carbonyl (C=O) groups is 2. The molecule has 7 heteroatoms. The summed E-state index contributed by atoms with van der Waals surface area (Å²) in [5.41, 5.74) is 2.78. The van der Waals surface area contributed by atoms with E-state index in [4.69, 9.17) is 0 Å². The summed E-state index contributed by atoms with van der Waals surface area (Å²) in [5.74, 6) is 0.259. The van der Waals surface area contributed by atoms with Gasteiger partial charge in [0.25, 0.3) is 5.91 Å². The van der Waals surface area contributed by atoms with Crippen molar-refractivity contribution in [2.45, 2.75) is 12.8 Å². The molecule has 4 rings (SSSR count). The first-order valence-electron chi connectivity index (χ1n) is 8.37. The third-order valence-corrected chi connectivity index (χ3v) is 4.15. The lowest BCUT2D eigenvalue weighted by molar-refractivity contribution is -0.117. The van der Waals surface area contributed by atoms with Crippen LogP contribution < -0.4 is 10.6 Å². The number of pyridine rings is 1. The molecule has 7 nitrogen and oxygen atoms in total. The molecule has 3 N–H and O–H groups in total. The molecule has 1 fully saturated rings. The van der Waals surface area contributed by atoms with Gasteiger partial charge in [0.15, 0.2) is 5.82 Å². The highest BCUT2D eigenvalue weighted by Crippen LogP contribution is 2.30. The van der Waals surface area contributed by atoms with Crippen LogP contribution in [0.3, 0.4) is 0 Å². The summed E-state index contributed by atoms with van der Waals surface area (Å²) in [4.78, 5) is 28.3. The van der Waals surface area contributed by atoms with Crippen LogP contribution in [0.25, 0.3) is 11.3 Å². The molecule has 0 saturated heterocycles. The highest BCUT2D eigenvalue weighted by Gasteiger charge is 2.29. The highest BCUT2D eigenvalue weighted by molar-refractivity contribution is 6.05. The fourth-order valence-corrected chi connectivity index (χ4v) is 2.58. The van der Waals surface area contributed by atoms with Gasteiger partial charge in [0.2, 0.25) is 5.91 Å². The Kier molecular flexibility index (Phi) is 4.18. The van der Waals surface area contributed by atoms with Gasteiger partial charge in [0.1, 0.15) is 0 Å². The summed E-state index contributed by atoms with van der Waals surface area (Å²) < 4.78 is 0. The highest BCUT2D eigenvalue weighted by atomic mass is 16.2. The predicted molar refractivity (Wildman–Crippen MR) is 97.6 cm³/mol. The maximum absolute atomic E-state index is 12.5. The van der Waals surface area contributed by atoms with Gasteiger partial charge in [-0.15, -0.1) is 0 Å². The molecule has 3 aromatic rings. The minimum Gasteiger partial charge on any atom is -0.326 e. The van der Waals surface area contributed by atoms with Gasteiger partial charge in [-0.25, -0.2) is 0 Å². The van der Waals surface area contributed by atoms with Crippen molar-refractivity contribution in [3.05, 3.63) is 60.4 Å². The molecular formula is C19H17N5O2. The van der Waals surface area contributed by atoms with Crippen molar-refractivity contribution in [2.75, 3.05) is 10.6 Å². The third kappa shape index (κ3) is 3.61. The number of aromatic nitrogens is 3. The van der Waals surface area contributed by atoms with Crippen molar-refractivity contribution in [3.8, 4) is 11.3 Å². The lowest BCUT2D eigenvalue weighted by Crippen LogP contribution is -2.15. The largest absolute Gasteiger partial charge is 0.326 e. The summed E-state index contributed by atoms with van der Waals surface area (Å²) in [6.45, 7) is 0. The fourth-order valence-electron chi connectivity index (χ4n) is 2.58. The Morgan fingerprint density at radius 1 is 1.04 bits per heavy atom. The molecule has 1 aliphatic carbocycles. The van der Waals surface area contributed by atoms with E-state index in [2.05, 4.69) is 25.8 Å². The van der Waals surface area contributed by atoms with Crippen molar-refractivity contribution >= 4 is 23.3 Å². The second-order valence-electron chi connectivity index (χ2n) is 6.20. The first-order chi connectivity index (χ1) is 12.7. The summed E-state index contributed by atoms with van der Waals surface area (Å²) in [6.07, 6.45) is 5.25. The Morgan fingerprint density at radius 2 is 1.85 bits per heavy atom. The average molecular weight is 347 g/mol. The molecule has 26 heavy (non-hydrogen) atoms. The predicted octanol–water partition coefficient (Wildman–Crippen LogP) is 3.07. The molecule has 1 aliphatic rings. The smallest absolute Gasteiger partial charge is 0.256 e. The van der Waals surface area contributed by atoms with E-state index >= 15 is 0 Å². The molecule has 0 bridgehead atoms. The van der Waals surface area contributed by atoms with E-state index < -0.39 is 0 Å². The molecule has 130 valence electrons. The van der Waals surface area contributed by atoms with Gasteiger partial charge >= 0.3 is 0 Å². The van der Waals surface area contributed by atoms with Crippen molar-refractivity contribution < 1.29 is 9.59 Å². The van der Waals surface area contributed by atoms with E-state index in [9.17, 15) is 9.59 Å². The van der Waals surface area contributed by atoms with Crippen LogP contribution in [0.2, 0.25) is 0 Å². The van der Waals surface area contributed by atoms with Gasteiger partial charge in [0.05, 0.1) is 5.69 Å². The molecule has 2 heterocycles. The van der Waals surface area contributed by atoms with Gasteiger partial charge in [-0.2, -0.15) is 5.10 Å². The minimum atomic E-state index is -0.291. The van der Waals surface area contributed by atoms with E-state index in [0.717, 1.165) is 24.1 Å². The third-order valence-electron chi connectivity index (χ3n) is 4.15. The number of aromatic amines is 1. The van der Waals surface area contributed by atoms with Crippen LogP contribution in [-0.4, -0.2) is 27.0 Å². The second kappa shape index (κ2) is 6.79. The Hall–Kier alpha value is -3.48. The Morgan fingerprint density at radius 3 is 2.62 bits per heavy atom. The van der Waals surface area contributed by atoms with Crippen LogP contribution in [-0.2, 0) is 4.79 Å². The minimum absolute atomic E-state index is 0.0110. The number of nitrogens with one attached hydrogen (secondary N) is 3. The van der Waals surface area contributed by atoms with Crippen LogP contribution in [0, 0.1) is 5.92 Å². The first-order valence-corrected chi connectivity index (χ1v) is 8.37. The van der Waals surface area contributed by atoms with Crippen LogP contribution in [0.15, 0.2) is 54.9 Å². The molecule has 2 amide bonds. The average Bonchev–Trinajstić information content (AvgIpc) is 3.42. The summed E-state index contributed by atoms with van der Waals surface area (Å²) in [5, 5.41) is 12.6. The molecule has 0 radical (unpaired) electrons. The van der Waals surface area contributed by atoms with Gasteiger partial charge < -0.3 is 10.6 Å². The van der Waals surface area contributed by atoms with Crippen molar-refractivity contribution in [1.29, 1.82) is 0 Å². The van der Waals surface area contributed by atoms with E-state index in [1.165, 1.54) is 0 Å². The molecular weight excluding hydrogens is 330 g/mol. The number of nitrogens with zero attached hydrogens (tertiary/aromatic N) is 2. The number of H-pyrrole nitrogens is 1. The first kappa shape index (κ1) is 16.0. The van der Waals surface area contributed by atoms with E-state index in [1.807, 2.05) is 12.1 Å². The molecule has 2 aromatic heterocycles. The molecule has 0 spiro atoms. The maximum atomic E-state index is 12.5. The monoisotopic (exact) mass is 347 g/mol. The zero-order valence-corrected chi connectivity index (χ0v) is 13.9. The van der Waals surface area contributed by atoms with Gasteiger partial charge in [0, 0.05) is 41.2 Å². The lowest BCUT2D eigenvalue weighted by Gasteiger charge is -2.07. The van der Waals surface area contributed by atoms with Gasteiger partial charge in [-0.05, 0) is 43.2 Å². The number of hydrogen-bond donors (Lipinski definition) is 3. The van der Waals surface area contributed by atoms with Crippen LogP contribution >= 0.6 is 0 Å². The van der Waals surface area contributed by atoms with E-state index in [0.29, 0.717) is 17.1 Å². The summed E-state index contributed by atoms with van der Waals surface area (Å²) in [7, 11) is 0. The Balaban J connectivity index is 1.45. The molecule has 1 saturated carbocycles. The van der Waals surface area contributed by atoms with Crippen LogP contribution in [0.4, 0.5) is 11.5 Å². The van der Waals surface area contributed by atoms with Crippen LogP contribution in [0.1, 0.15) is 23.2 Å². The van der Waals surface area contributed by atoms with Crippen LogP contribution in [0.5, 0.6) is 0 Å². The van der Waals surface area contributed by atoms with E-state index in [-0.39, 0.29) is 17.7 Å². The van der Waals surface area contributed by atoms with Crippen molar-refractivity contribution in [3.63, 3.8) is 0 Å².